The molecular weight excluding hydrogens is 392 g/mol. The fourth-order valence-electron chi connectivity index (χ4n) is 2.01. The summed E-state index contributed by atoms with van der Waals surface area (Å²) in [5.74, 6) is -0.354. The number of anilines is 1. The van der Waals surface area contributed by atoms with Crippen LogP contribution in [0.4, 0.5) is 5.69 Å². The van der Waals surface area contributed by atoms with Crippen LogP contribution in [-0.2, 0) is 0 Å². The summed E-state index contributed by atoms with van der Waals surface area (Å²) in [6, 6.07) is 11.6. The van der Waals surface area contributed by atoms with Gasteiger partial charge in [-0.1, -0.05) is 52.5 Å². The quantitative estimate of drug-likeness (QED) is 0.571. The molecule has 0 saturated heterocycles. The lowest BCUT2D eigenvalue weighted by Crippen LogP contribution is -2.12. The molecule has 0 aliphatic rings. The van der Waals surface area contributed by atoms with Crippen LogP contribution in [0.15, 0.2) is 42.5 Å². The van der Waals surface area contributed by atoms with Gasteiger partial charge in [0.1, 0.15) is 5.69 Å². The molecule has 122 valence electrons. The fourth-order valence-corrected chi connectivity index (χ4v) is 2.61. The maximum atomic E-state index is 12.3. The van der Waals surface area contributed by atoms with Crippen molar-refractivity contribution in [3.63, 3.8) is 0 Å². The van der Waals surface area contributed by atoms with Gasteiger partial charge in [0.15, 0.2) is 0 Å². The lowest BCUT2D eigenvalue weighted by Gasteiger charge is -2.04. The van der Waals surface area contributed by atoms with Crippen LogP contribution in [0, 0.1) is 0 Å². The van der Waals surface area contributed by atoms with Gasteiger partial charge < -0.3 is 5.32 Å². The zero-order chi connectivity index (χ0) is 17.3. The molecule has 8 heteroatoms. The van der Waals surface area contributed by atoms with Crippen LogP contribution in [0.25, 0.3) is 11.3 Å². The van der Waals surface area contributed by atoms with E-state index in [0.717, 1.165) is 5.56 Å². The molecule has 0 fully saturated rings. The maximum absolute atomic E-state index is 12.3. The Morgan fingerprint density at radius 1 is 0.875 bits per heavy atom. The first kappa shape index (κ1) is 17.1. The minimum Gasteiger partial charge on any atom is -0.321 e. The summed E-state index contributed by atoms with van der Waals surface area (Å²) < 4.78 is 0. The van der Waals surface area contributed by atoms with Crippen molar-refractivity contribution in [1.29, 1.82) is 0 Å². The Balaban J connectivity index is 1.80. The van der Waals surface area contributed by atoms with Crippen LogP contribution >= 0.6 is 46.4 Å². The summed E-state index contributed by atoms with van der Waals surface area (Å²) in [5, 5.41) is 11.2. The van der Waals surface area contributed by atoms with E-state index in [1.807, 2.05) is 0 Å². The number of aromatic nitrogens is 2. The molecule has 1 aromatic heterocycles. The minimum atomic E-state index is -0.354. The van der Waals surface area contributed by atoms with Gasteiger partial charge in [-0.05, 0) is 36.4 Å². The third-order valence-electron chi connectivity index (χ3n) is 3.22. The average molecular weight is 401 g/mol. The fraction of sp³-hybridized carbons (Fsp3) is 0. The molecular formula is C16H9Cl4N3O. The molecule has 0 radical (unpaired) electrons. The molecule has 1 amide bonds. The zero-order valence-corrected chi connectivity index (χ0v) is 14.9. The molecule has 0 unspecified atom stereocenters. The highest BCUT2D eigenvalue weighted by Gasteiger charge is 2.13. The SMILES string of the molecule is O=C(Nc1ccc(Cl)c(Cl)c1)c1cc(-c2ccc(Cl)c(Cl)c2)n[nH]1. The van der Waals surface area contributed by atoms with Gasteiger partial charge in [0.05, 0.1) is 25.8 Å². The van der Waals surface area contributed by atoms with Gasteiger partial charge in [0, 0.05) is 11.3 Å². The minimum absolute atomic E-state index is 0.294. The van der Waals surface area contributed by atoms with Crippen molar-refractivity contribution >= 4 is 58.0 Å². The lowest BCUT2D eigenvalue weighted by atomic mass is 10.1. The summed E-state index contributed by atoms with van der Waals surface area (Å²) in [7, 11) is 0. The van der Waals surface area contributed by atoms with Crippen LogP contribution in [-0.4, -0.2) is 16.1 Å². The Hall–Kier alpha value is -1.72. The van der Waals surface area contributed by atoms with Gasteiger partial charge in [-0.2, -0.15) is 5.10 Å². The first-order valence-electron chi connectivity index (χ1n) is 6.71. The van der Waals surface area contributed by atoms with E-state index in [-0.39, 0.29) is 5.91 Å². The second-order valence-electron chi connectivity index (χ2n) is 4.88. The molecule has 0 spiro atoms. The largest absolute Gasteiger partial charge is 0.321 e. The summed E-state index contributed by atoms with van der Waals surface area (Å²) in [5.41, 5.74) is 2.14. The Morgan fingerprint density at radius 2 is 1.54 bits per heavy atom. The summed E-state index contributed by atoms with van der Waals surface area (Å²) in [6.45, 7) is 0. The highest BCUT2D eigenvalue weighted by atomic mass is 35.5. The van der Waals surface area contributed by atoms with E-state index in [1.165, 1.54) is 0 Å². The lowest BCUT2D eigenvalue weighted by molar-refractivity contribution is 0.102. The first-order valence-corrected chi connectivity index (χ1v) is 8.22. The third-order valence-corrected chi connectivity index (χ3v) is 4.69. The Morgan fingerprint density at radius 3 is 2.21 bits per heavy atom. The highest BCUT2D eigenvalue weighted by molar-refractivity contribution is 6.42. The zero-order valence-electron chi connectivity index (χ0n) is 11.9. The summed E-state index contributed by atoms with van der Waals surface area (Å²) >= 11 is 23.7. The van der Waals surface area contributed by atoms with Gasteiger partial charge in [0.2, 0.25) is 0 Å². The number of hydrogen-bond acceptors (Lipinski definition) is 2. The molecule has 1 heterocycles. The van der Waals surface area contributed by atoms with Crippen molar-refractivity contribution in [1.82, 2.24) is 10.2 Å². The number of carbonyl (C=O) groups excluding carboxylic acids is 1. The van der Waals surface area contributed by atoms with Crippen LogP contribution < -0.4 is 5.32 Å². The molecule has 2 aromatic carbocycles. The van der Waals surface area contributed by atoms with Gasteiger partial charge in [-0.15, -0.1) is 0 Å². The van der Waals surface area contributed by atoms with Crippen LogP contribution in [0.5, 0.6) is 0 Å². The number of H-pyrrole nitrogens is 1. The van der Waals surface area contributed by atoms with Gasteiger partial charge >= 0.3 is 0 Å². The number of rotatable bonds is 3. The van der Waals surface area contributed by atoms with Crippen molar-refractivity contribution in [2.75, 3.05) is 5.32 Å². The summed E-state index contributed by atoms with van der Waals surface area (Å²) in [4.78, 5) is 12.3. The van der Waals surface area contributed by atoms with Crippen molar-refractivity contribution in [3.8, 4) is 11.3 Å². The number of nitrogens with one attached hydrogen (secondary N) is 2. The second-order valence-corrected chi connectivity index (χ2v) is 6.51. The van der Waals surface area contributed by atoms with Crippen LogP contribution in [0.1, 0.15) is 10.5 Å². The predicted molar refractivity (Wildman–Crippen MR) is 98.5 cm³/mol. The molecule has 0 aliphatic heterocycles. The predicted octanol–water partition coefficient (Wildman–Crippen LogP) is 5.94. The Kier molecular flexibility index (Phi) is 5.01. The number of benzene rings is 2. The molecule has 0 saturated carbocycles. The summed E-state index contributed by atoms with van der Waals surface area (Å²) in [6.07, 6.45) is 0. The normalized spacial score (nSPS) is 10.7. The van der Waals surface area contributed by atoms with Gasteiger partial charge in [0.25, 0.3) is 5.91 Å². The number of hydrogen-bond donors (Lipinski definition) is 2. The van der Waals surface area contributed by atoms with E-state index >= 15 is 0 Å². The van der Waals surface area contributed by atoms with E-state index in [9.17, 15) is 4.79 Å². The molecule has 0 bridgehead atoms. The maximum Gasteiger partial charge on any atom is 0.273 e. The molecule has 0 aliphatic carbocycles. The molecule has 2 N–H and O–H groups in total. The molecule has 4 nitrogen and oxygen atoms in total. The average Bonchev–Trinajstić information content (AvgIpc) is 3.04. The molecule has 0 atom stereocenters. The van der Waals surface area contributed by atoms with Crippen molar-refractivity contribution < 1.29 is 4.79 Å². The Bertz CT molecular complexity index is 923. The smallest absolute Gasteiger partial charge is 0.273 e. The standard InChI is InChI=1S/C16H9Cl4N3O/c17-10-3-1-8(5-12(10)19)14-7-15(23-22-14)16(24)21-9-2-4-11(18)13(20)6-9/h1-7H,(H,21,24)(H,22,23). The first-order chi connectivity index (χ1) is 11.4. The van der Waals surface area contributed by atoms with E-state index in [2.05, 4.69) is 15.5 Å². The molecule has 3 aromatic rings. The third kappa shape index (κ3) is 3.68. The van der Waals surface area contributed by atoms with Crippen LogP contribution in [0.3, 0.4) is 0 Å². The van der Waals surface area contributed by atoms with Crippen molar-refractivity contribution in [2.45, 2.75) is 0 Å². The van der Waals surface area contributed by atoms with E-state index in [1.54, 1.807) is 42.5 Å². The molecule has 24 heavy (non-hydrogen) atoms. The highest BCUT2D eigenvalue weighted by Crippen LogP contribution is 2.28. The number of amides is 1. The number of nitrogens with zero attached hydrogens (tertiary/aromatic N) is 1. The monoisotopic (exact) mass is 399 g/mol. The molecule has 3 rings (SSSR count). The van der Waals surface area contributed by atoms with Crippen LogP contribution in [0.2, 0.25) is 20.1 Å². The van der Waals surface area contributed by atoms with Crippen molar-refractivity contribution in [2.24, 2.45) is 0 Å². The number of carbonyl (C=O) groups is 1. The van der Waals surface area contributed by atoms with Crippen molar-refractivity contribution in [3.05, 3.63) is 68.2 Å². The topological polar surface area (TPSA) is 57.8 Å². The van der Waals surface area contributed by atoms with E-state index < -0.39 is 0 Å². The van der Waals surface area contributed by atoms with E-state index in [4.69, 9.17) is 46.4 Å². The second kappa shape index (κ2) is 7.03. The van der Waals surface area contributed by atoms with Gasteiger partial charge in [-0.25, -0.2) is 0 Å². The van der Waals surface area contributed by atoms with Gasteiger partial charge in [-0.3, -0.25) is 9.89 Å². The Labute approximate surface area is 157 Å². The number of aromatic amines is 1. The number of halogens is 4. The van der Waals surface area contributed by atoms with E-state index in [0.29, 0.717) is 37.2 Å².